The van der Waals surface area contributed by atoms with E-state index in [1.54, 1.807) is 19.1 Å². The molecule has 1 aromatic carbocycles. The zero-order valence-corrected chi connectivity index (χ0v) is 11.3. The number of aromatic carboxylic acids is 1. The number of carbonyl (C=O) groups excluding carboxylic acids is 1. The minimum atomic E-state index is -1.05. The number of hydrogen-bond donors (Lipinski definition) is 3. The Bertz CT molecular complexity index is 468. The standard InChI is InChI=1S/C14H20N2O3/c1-3-10(8-15)7-13(17)16-12-5-4-9(2)6-11(12)14(18)19/h4-6,10H,3,7-8,15H2,1-2H3,(H,16,17)(H,18,19). The summed E-state index contributed by atoms with van der Waals surface area (Å²) < 4.78 is 0. The molecule has 0 aliphatic carbocycles. The molecule has 1 aromatic rings. The predicted molar refractivity (Wildman–Crippen MR) is 74.2 cm³/mol. The highest BCUT2D eigenvalue weighted by Gasteiger charge is 2.15. The SMILES string of the molecule is CCC(CN)CC(=O)Nc1ccc(C)cc1C(=O)O. The van der Waals surface area contributed by atoms with Gasteiger partial charge in [-0.15, -0.1) is 0 Å². The third-order valence-electron chi connectivity index (χ3n) is 3.06. The third kappa shape index (κ3) is 4.37. The van der Waals surface area contributed by atoms with Gasteiger partial charge in [0.1, 0.15) is 0 Å². The maximum atomic E-state index is 11.8. The Hall–Kier alpha value is -1.88. The molecule has 5 nitrogen and oxygen atoms in total. The van der Waals surface area contributed by atoms with E-state index in [1.807, 2.05) is 6.92 Å². The van der Waals surface area contributed by atoms with Crippen molar-refractivity contribution in [2.24, 2.45) is 11.7 Å². The molecule has 5 heteroatoms. The monoisotopic (exact) mass is 264 g/mol. The minimum absolute atomic E-state index is 0.106. The van der Waals surface area contributed by atoms with Gasteiger partial charge in [0.25, 0.3) is 0 Å². The second-order valence-electron chi connectivity index (χ2n) is 4.62. The van der Waals surface area contributed by atoms with Gasteiger partial charge in [0, 0.05) is 6.42 Å². The second kappa shape index (κ2) is 6.89. The normalized spacial score (nSPS) is 11.9. The van der Waals surface area contributed by atoms with Crippen molar-refractivity contribution in [3.8, 4) is 0 Å². The van der Waals surface area contributed by atoms with Gasteiger partial charge in [0.2, 0.25) is 5.91 Å². The van der Waals surface area contributed by atoms with Crippen molar-refractivity contribution in [1.29, 1.82) is 0 Å². The predicted octanol–water partition coefficient (Wildman–Crippen LogP) is 2.01. The number of amides is 1. The molecule has 0 radical (unpaired) electrons. The quantitative estimate of drug-likeness (QED) is 0.732. The number of nitrogens with one attached hydrogen (secondary N) is 1. The van der Waals surface area contributed by atoms with Gasteiger partial charge in [-0.3, -0.25) is 4.79 Å². The Labute approximate surface area is 112 Å². The maximum Gasteiger partial charge on any atom is 0.337 e. The lowest BCUT2D eigenvalue weighted by Crippen LogP contribution is -2.22. The lowest BCUT2D eigenvalue weighted by Gasteiger charge is -2.13. The summed E-state index contributed by atoms with van der Waals surface area (Å²) in [7, 11) is 0. The number of benzene rings is 1. The molecule has 1 amide bonds. The van der Waals surface area contributed by atoms with Gasteiger partial charge in [-0.05, 0) is 31.5 Å². The van der Waals surface area contributed by atoms with Gasteiger partial charge >= 0.3 is 5.97 Å². The van der Waals surface area contributed by atoms with Crippen LogP contribution < -0.4 is 11.1 Å². The van der Waals surface area contributed by atoms with Crippen LogP contribution >= 0.6 is 0 Å². The molecule has 0 aliphatic rings. The molecule has 0 bridgehead atoms. The van der Waals surface area contributed by atoms with Crippen molar-refractivity contribution in [3.05, 3.63) is 29.3 Å². The van der Waals surface area contributed by atoms with Crippen LogP contribution in [0.1, 0.15) is 35.7 Å². The number of nitrogens with two attached hydrogens (primary N) is 1. The number of anilines is 1. The van der Waals surface area contributed by atoms with Gasteiger partial charge in [-0.25, -0.2) is 4.79 Å². The fourth-order valence-corrected chi connectivity index (χ4v) is 1.80. The first-order valence-electron chi connectivity index (χ1n) is 6.31. The molecule has 0 fully saturated rings. The smallest absolute Gasteiger partial charge is 0.337 e. The largest absolute Gasteiger partial charge is 0.478 e. The Morgan fingerprint density at radius 1 is 1.42 bits per heavy atom. The van der Waals surface area contributed by atoms with Gasteiger partial charge in [0.05, 0.1) is 11.3 Å². The van der Waals surface area contributed by atoms with Crippen LogP contribution in [-0.4, -0.2) is 23.5 Å². The van der Waals surface area contributed by atoms with Crippen LogP contribution in [0.4, 0.5) is 5.69 Å². The Balaban J connectivity index is 2.82. The molecule has 4 N–H and O–H groups in total. The van der Waals surface area contributed by atoms with Gasteiger partial charge in [-0.2, -0.15) is 0 Å². The lowest BCUT2D eigenvalue weighted by molar-refractivity contribution is -0.117. The van der Waals surface area contributed by atoms with Crippen LogP contribution in [-0.2, 0) is 4.79 Å². The van der Waals surface area contributed by atoms with Crippen molar-refractivity contribution >= 4 is 17.6 Å². The minimum Gasteiger partial charge on any atom is -0.478 e. The van der Waals surface area contributed by atoms with E-state index in [0.29, 0.717) is 18.7 Å². The number of hydrogen-bond acceptors (Lipinski definition) is 3. The summed E-state index contributed by atoms with van der Waals surface area (Å²) >= 11 is 0. The first kappa shape index (κ1) is 15.2. The molecule has 0 aromatic heterocycles. The van der Waals surface area contributed by atoms with E-state index in [2.05, 4.69) is 5.32 Å². The summed E-state index contributed by atoms with van der Waals surface area (Å²) in [5.41, 5.74) is 6.82. The summed E-state index contributed by atoms with van der Waals surface area (Å²) in [5, 5.41) is 11.7. The fourth-order valence-electron chi connectivity index (χ4n) is 1.80. The zero-order valence-electron chi connectivity index (χ0n) is 11.3. The average molecular weight is 264 g/mol. The second-order valence-corrected chi connectivity index (χ2v) is 4.62. The first-order chi connectivity index (χ1) is 8.97. The number of rotatable bonds is 6. The number of carbonyl (C=O) groups is 2. The summed E-state index contributed by atoms with van der Waals surface area (Å²) in [6.45, 7) is 4.22. The fraction of sp³-hybridized carbons (Fsp3) is 0.429. The van der Waals surface area contributed by atoms with Crippen molar-refractivity contribution in [2.45, 2.75) is 26.7 Å². The van der Waals surface area contributed by atoms with Gasteiger partial charge in [-0.1, -0.05) is 25.0 Å². The molecule has 0 spiro atoms. The summed E-state index contributed by atoms with van der Waals surface area (Å²) in [6.07, 6.45) is 1.13. The molecular weight excluding hydrogens is 244 g/mol. The molecular formula is C14H20N2O3. The summed E-state index contributed by atoms with van der Waals surface area (Å²) in [6, 6.07) is 4.92. The van der Waals surface area contributed by atoms with Crippen LogP contribution in [0, 0.1) is 12.8 Å². The number of aryl methyl sites for hydroxylation is 1. The van der Waals surface area contributed by atoms with E-state index in [9.17, 15) is 9.59 Å². The van der Waals surface area contributed by atoms with Crippen LogP contribution in [0.2, 0.25) is 0 Å². The molecule has 0 saturated heterocycles. The average Bonchev–Trinajstić information content (AvgIpc) is 2.37. The van der Waals surface area contributed by atoms with E-state index < -0.39 is 5.97 Å². The Morgan fingerprint density at radius 2 is 2.11 bits per heavy atom. The van der Waals surface area contributed by atoms with Crippen molar-refractivity contribution in [2.75, 3.05) is 11.9 Å². The number of carboxylic acid groups (broad SMARTS) is 1. The highest BCUT2D eigenvalue weighted by Crippen LogP contribution is 2.18. The third-order valence-corrected chi connectivity index (χ3v) is 3.06. The highest BCUT2D eigenvalue weighted by atomic mass is 16.4. The molecule has 104 valence electrons. The van der Waals surface area contributed by atoms with Crippen molar-refractivity contribution in [1.82, 2.24) is 0 Å². The topological polar surface area (TPSA) is 92.4 Å². The molecule has 1 atom stereocenters. The van der Waals surface area contributed by atoms with Crippen LogP contribution in [0.3, 0.4) is 0 Å². The zero-order chi connectivity index (χ0) is 14.4. The van der Waals surface area contributed by atoms with E-state index >= 15 is 0 Å². The Kier molecular flexibility index (Phi) is 5.51. The molecule has 19 heavy (non-hydrogen) atoms. The van der Waals surface area contributed by atoms with Crippen LogP contribution in [0.15, 0.2) is 18.2 Å². The van der Waals surface area contributed by atoms with Crippen molar-refractivity contribution < 1.29 is 14.7 Å². The summed E-state index contributed by atoms with van der Waals surface area (Å²) in [5.74, 6) is -1.13. The van der Waals surface area contributed by atoms with E-state index in [4.69, 9.17) is 10.8 Å². The Morgan fingerprint density at radius 3 is 2.63 bits per heavy atom. The van der Waals surface area contributed by atoms with E-state index in [-0.39, 0.29) is 17.4 Å². The van der Waals surface area contributed by atoms with Crippen molar-refractivity contribution in [3.63, 3.8) is 0 Å². The van der Waals surface area contributed by atoms with Crippen LogP contribution in [0.25, 0.3) is 0 Å². The first-order valence-corrected chi connectivity index (χ1v) is 6.31. The molecule has 0 saturated carbocycles. The molecule has 0 heterocycles. The molecule has 0 aliphatic heterocycles. The van der Waals surface area contributed by atoms with Gasteiger partial charge < -0.3 is 16.2 Å². The van der Waals surface area contributed by atoms with Gasteiger partial charge in [0.15, 0.2) is 0 Å². The van der Waals surface area contributed by atoms with Crippen LogP contribution in [0.5, 0.6) is 0 Å². The highest BCUT2D eigenvalue weighted by molar-refractivity contribution is 6.00. The lowest BCUT2D eigenvalue weighted by atomic mass is 10.0. The molecule has 1 unspecified atom stereocenters. The maximum absolute atomic E-state index is 11.8. The van der Waals surface area contributed by atoms with E-state index in [1.165, 1.54) is 6.07 Å². The molecule has 1 rings (SSSR count). The summed E-state index contributed by atoms with van der Waals surface area (Å²) in [4.78, 5) is 23.0. The van der Waals surface area contributed by atoms with E-state index in [0.717, 1.165) is 12.0 Å². The number of carboxylic acids is 1.